The molecule has 0 saturated heterocycles. The molecule has 5 nitrogen and oxygen atoms in total. The first kappa shape index (κ1) is 17.0. The van der Waals surface area contributed by atoms with Gasteiger partial charge in [-0.25, -0.2) is 9.37 Å². The molecule has 0 aliphatic carbocycles. The highest BCUT2D eigenvalue weighted by atomic mass is 32.1. The molecule has 25 heavy (non-hydrogen) atoms. The van der Waals surface area contributed by atoms with Crippen molar-refractivity contribution in [1.29, 1.82) is 0 Å². The van der Waals surface area contributed by atoms with E-state index in [0.717, 1.165) is 5.69 Å². The van der Waals surface area contributed by atoms with Crippen LogP contribution in [-0.4, -0.2) is 28.6 Å². The molecule has 3 aromatic rings. The summed E-state index contributed by atoms with van der Waals surface area (Å²) in [7, 11) is 3.79. The van der Waals surface area contributed by atoms with Crippen LogP contribution in [0.5, 0.6) is 0 Å². The smallest absolute Gasteiger partial charge is 0.258 e. The quantitative estimate of drug-likeness (QED) is 0.730. The minimum Gasteiger partial charge on any atom is -0.377 e. The van der Waals surface area contributed by atoms with Crippen molar-refractivity contribution in [1.82, 2.24) is 14.5 Å². The number of hydrogen-bond acceptors (Lipinski definition) is 4. The third-order valence-electron chi connectivity index (χ3n) is 3.92. The number of aromatic nitrogens is 3. The van der Waals surface area contributed by atoms with E-state index in [1.165, 1.54) is 23.0 Å². The van der Waals surface area contributed by atoms with Gasteiger partial charge in [0.2, 0.25) is 0 Å². The molecule has 1 aromatic carbocycles. The molecule has 0 radical (unpaired) electrons. The van der Waals surface area contributed by atoms with Crippen molar-refractivity contribution in [3.8, 4) is 16.9 Å². The van der Waals surface area contributed by atoms with Gasteiger partial charge in [0.25, 0.3) is 5.56 Å². The zero-order valence-electron chi connectivity index (χ0n) is 14.1. The number of anilines is 1. The average molecular weight is 356 g/mol. The van der Waals surface area contributed by atoms with Gasteiger partial charge in [0.05, 0.1) is 22.6 Å². The average Bonchev–Trinajstić information content (AvgIpc) is 2.57. The molecule has 0 aliphatic rings. The molecule has 3 rings (SSSR count). The first-order chi connectivity index (χ1) is 11.9. The number of aromatic amines is 1. The number of H-pyrrole nitrogens is 1. The molecule has 0 unspecified atom stereocenters. The molecule has 0 atom stereocenters. The maximum Gasteiger partial charge on any atom is 0.258 e. The molecule has 2 heterocycles. The van der Waals surface area contributed by atoms with Gasteiger partial charge in [-0.1, -0.05) is 18.3 Å². The Balaban J connectivity index is 2.15. The number of aryl methyl sites for hydroxylation is 1. The van der Waals surface area contributed by atoms with Crippen LogP contribution in [0.2, 0.25) is 0 Å². The largest absolute Gasteiger partial charge is 0.377 e. The molecule has 128 valence electrons. The molecular weight excluding hydrogens is 339 g/mol. The number of nitrogens with zero attached hydrogens (tertiary/aromatic N) is 3. The van der Waals surface area contributed by atoms with Gasteiger partial charge in [0.15, 0.2) is 0 Å². The third kappa shape index (κ3) is 3.23. The maximum atomic E-state index is 13.8. The van der Waals surface area contributed by atoms with E-state index >= 15 is 0 Å². The van der Waals surface area contributed by atoms with Crippen LogP contribution in [-0.2, 0) is 0 Å². The summed E-state index contributed by atoms with van der Waals surface area (Å²) >= 11 is 5.36. The maximum absolute atomic E-state index is 13.8. The monoisotopic (exact) mass is 356 g/mol. The van der Waals surface area contributed by atoms with Crippen molar-refractivity contribution in [3.63, 3.8) is 0 Å². The lowest BCUT2D eigenvalue weighted by atomic mass is 10.1. The highest BCUT2D eigenvalue weighted by Gasteiger charge is 2.13. The summed E-state index contributed by atoms with van der Waals surface area (Å²) in [4.78, 5) is 21.8. The Bertz CT molecular complexity index is 1060. The number of benzene rings is 1. The van der Waals surface area contributed by atoms with Gasteiger partial charge in [-0.05, 0) is 30.7 Å². The highest BCUT2D eigenvalue weighted by molar-refractivity contribution is 7.71. The standard InChI is InChI=1S/C18H17FN4OS/c1-11-4-5-12(8-13(11)19)23-10-21-14(9-16(23)24)17-15(22(2)3)6-7-20-18(17)25/h4-10H,1-3H3,(H,20,25). The van der Waals surface area contributed by atoms with Crippen molar-refractivity contribution in [2.45, 2.75) is 6.92 Å². The second-order valence-corrected chi connectivity index (χ2v) is 6.29. The van der Waals surface area contributed by atoms with Crippen LogP contribution in [0.15, 0.2) is 47.7 Å². The van der Waals surface area contributed by atoms with Gasteiger partial charge in [-0.15, -0.1) is 0 Å². The summed E-state index contributed by atoms with van der Waals surface area (Å²) < 4.78 is 15.6. The zero-order valence-corrected chi connectivity index (χ0v) is 14.9. The summed E-state index contributed by atoms with van der Waals surface area (Å²) in [5, 5.41) is 0. The molecule has 0 spiro atoms. The van der Waals surface area contributed by atoms with Crippen LogP contribution in [0.3, 0.4) is 0 Å². The van der Waals surface area contributed by atoms with Crippen molar-refractivity contribution in [2.24, 2.45) is 0 Å². The number of hydrogen-bond donors (Lipinski definition) is 1. The van der Waals surface area contributed by atoms with E-state index in [2.05, 4.69) is 9.97 Å². The Hall–Kier alpha value is -2.80. The van der Waals surface area contributed by atoms with Crippen LogP contribution >= 0.6 is 12.2 Å². The minimum atomic E-state index is -0.367. The molecule has 0 saturated carbocycles. The second kappa shape index (κ2) is 6.60. The fourth-order valence-corrected chi connectivity index (χ4v) is 2.83. The summed E-state index contributed by atoms with van der Waals surface area (Å²) in [5.74, 6) is -0.367. The third-order valence-corrected chi connectivity index (χ3v) is 4.24. The van der Waals surface area contributed by atoms with Gasteiger partial charge < -0.3 is 9.88 Å². The SMILES string of the molecule is Cc1ccc(-n2cnc(-c3c(N(C)C)cc[nH]c3=S)cc2=O)cc1F. The summed E-state index contributed by atoms with van der Waals surface area (Å²) in [6, 6.07) is 7.90. The normalized spacial score (nSPS) is 10.7. The lowest BCUT2D eigenvalue weighted by Crippen LogP contribution is -2.19. The Labute approximate surface area is 149 Å². The fraction of sp³-hybridized carbons (Fsp3) is 0.167. The molecule has 0 fully saturated rings. The Morgan fingerprint density at radius 3 is 2.64 bits per heavy atom. The first-order valence-corrected chi connectivity index (χ1v) is 8.04. The number of pyridine rings is 1. The van der Waals surface area contributed by atoms with Gasteiger partial charge in [-0.2, -0.15) is 0 Å². The number of rotatable bonds is 3. The molecular formula is C18H17FN4OS. The summed E-state index contributed by atoms with van der Waals surface area (Å²) in [6.07, 6.45) is 3.14. The predicted octanol–water partition coefficient (Wildman–Crippen LogP) is 3.47. The zero-order chi connectivity index (χ0) is 18.1. The van der Waals surface area contributed by atoms with E-state index in [1.807, 2.05) is 25.1 Å². The van der Waals surface area contributed by atoms with Crippen LogP contribution in [0.25, 0.3) is 16.9 Å². The molecule has 1 N–H and O–H groups in total. The van der Waals surface area contributed by atoms with E-state index in [0.29, 0.717) is 27.1 Å². The van der Waals surface area contributed by atoms with Crippen LogP contribution in [0, 0.1) is 17.4 Å². The van der Waals surface area contributed by atoms with Crippen LogP contribution in [0.1, 0.15) is 5.56 Å². The van der Waals surface area contributed by atoms with E-state index < -0.39 is 0 Å². The van der Waals surface area contributed by atoms with Crippen LogP contribution < -0.4 is 10.5 Å². The number of nitrogens with one attached hydrogen (secondary N) is 1. The van der Waals surface area contributed by atoms with Crippen molar-refractivity contribution in [3.05, 3.63) is 69.2 Å². The number of halogens is 1. The van der Waals surface area contributed by atoms with E-state index in [1.54, 1.807) is 25.3 Å². The van der Waals surface area contributed by atoms with Crippen molar-refractivity contribution in [2.75, 3.05) is 19.0 Å². The molecule has 0 bridgehead atoms. The Morgan fingerprint density at radius 1 is 1.24 bits per heavy atom. The van der Waals surface area contributed by atoms with Gasteiger partial charge in [0, 0.05) is 26.4 Å². The lowest BCUT2D eigenvalue weighted by Gasteiger charge is -2.17. The second-order valence-electron chi connectivity index (χ2n) is 5.88. The van der Waals surface area contributed by atoms with Crippen LogP contribution in [0.4, 0.5) is 10.1 Å². The van der Waals surface area contributed by atoms with Gasteiger partial charge >= 0.3 is 0 Å². The van der Waals surface area contributed by atoms with Gasteiger partial charge in [-0.3, -0.25) is 9.36 Å². The molecule has 0 aliphatic heterocycles. The lowest BCUT2D eigenvalue weighted by molar-refractivity contribution is 0.617. The summed E-state index contributed by atoms with van der Waals surface area (Å²) in [5.41, 5.74) is 2.65. The van der Waals surface area contributed by atoms with E-state index in [4.69, 9.17) is 12.2 Å². The topological polar surface area (TPSA) is 53.9 Å². The summed E-state index contributed by atoms with van der Waals surface area (Å²) in [6.45, 7) is 1.67. The molecule has 2 aromatic heterocycles. The molecule has 7 heteroatoms. The predicted molar refractivity (Wildman–Crippen MR) is 99.5 cm³/mol. The van der Waals surface area contributed by atoms with Crippen molar-refractivity contribution >= 4 is 17.9 Å². The van der Waals surface area contributed by atoms with E-state index in [-0.39, 0.29) is 11.4 Å². The Kier molecular flexibility index (Phi) is 4.50. The highest BCUT2D eigenvalue weighted by Crippen LogP contribution is 2.27. The van der Waals surface area contributed by atoms with Crippen molar-refractivity contribution < 1.29 is 4.39 Å². The first-order valence-electron chi connectivity index (χ1n) is 7.63. The van der Waals surface area contributed by atoms with E-state index in [9.17, 15) is 9.18 Å². The minimum absolute atomic E-state index is 0.309. The van der Waals surface area contributed by atoms with Gasteiger partial charge in [0.1, 0.15) is 16.8 Å². The fourth-order valence-electron chi connectivity index (χ4n) is 2.55. The Morgan fingerprint density at radius 2 is 2.00 bits per heavy atom. The molecule has 0 amide bonds.